The van der Waals surface area contributed by atoms with Crippen LogP contribution in [0.4, 0.5) is 4.79 Å². The third-order valence-electron chi connectivity index (χ3n) is 6.75. The van der Waals surface area contributed by atoms with E-state index in [9.17, 15) is 14.4 Å². The van der Waals surface area contributed by atoms with Gasteiger partial charge in [0, 0.05) is 19.0 Å². The van der Waals surface area contributed by atoms with Crippen molar-refractivity contribution in [1.29, 1.82) is 0 Å². The van der Waals surface area contributed by atoms with Crippen molar-refractivity contribution in [3.63, 3.8) is 0 Å². The highest BCUT2D eigenvalue weighted by atomic mass is 16.5. The van der Waals surface area contributed by atoms with Gasteiger partial charge in [-0.05, 0) is 57.8 Å². The summed E-state index contributed by atoms with van der Waals surface area (Å²) >= 11 is 0. The number of likely N-dealkylation sites (tertiary alicyclic amines) is 1. The van der Waals surface area contributed by atoms with Crippen LogP contribution in [-0.4, -0.2) is 65.6 Å². The molecule has 0 bridgehead atoms. The molecule has 1 saturated carbocycles. The van der Waals surface area contributed by atoms with E-state index in [1.54, 1.807) is 11.8 Å². The highest BCUT2D eigenvalue weighted by Crippen LogP contribution is 2.28. The first kappa shape index (κ1) is 26.7. The monoisotopic (exact) mass is 467 g/mol. The van der Waals surface area contributed by atoms with Gasteiger partial charge in [-0.3, -0.25) is 9.59 Å². The average Bonchev–Trinajstić information content (AvgIpc) is 3.31. The molecule has 1 aliphatic carbocycles. The molecule has 10 heteroatoms. The highest BCUT2D eigenvalue weighted by molar-refractivity contribution is 5.91. The van der Waals surface area contributed by atoms with E-state index in [-0.39, 0.29) is 30.2 Å². The molecule has 2 aliphatic rings. The van der Waals surface area contributed by atoms with Crippen molar-refractivity contribution < 1.29 is 24.3 Å². The summed E-state index contributed by atoms with van der Waals surface area (Å²) in [6.45, 7) is 5.10. The number of nitrogens with two attached hydrogens (primary N) is 1. The van der Waals surface area contributed by atoms with E-state index in [2.05, 4.69) is 22.7 Å². The topological polar surface area (TPSA) is 146 Å². The molecule has 0 aromatic carbocycles. The molecular formula is C23H41N5O5. The molecule has 2 atom stereocenters. The van der Waals surface area contributed by atoms with Crippen LogP contribution in [0.1, 0.15) is 78.1 Å². The van der Waals surface area contributed by atoms with Crippen LogP contribution in [0.15, 0.2) is 5.16 Å². The largest absolute Gasteiger partial charge is 0.450 e. The number of unbranched alkanes of at least 4 members (excludes halogenated alkanes) is 2. The number of alkyl carbamates (subject to hydrolysis) is 1. The van der Waals surface area contributed by atoms with Gasteiger partial charge in [0.1, 0.15) is 17.9 Å². The van der Waals surface area contributed by atoms with Crippen LogP contribution in [0.2, 0.25) is 0 Å². The van der Waals surface area contributed by atoms with Gasteiger partial charge in [0.25, 0.3) is 0 Å². The van der Waals surface area contributed by atoms with Crippen LogP contribution in [0, 0.1) is 11.8 Å². The summed E-state index contributed by atoms with van der Waals surface area (Å²) in [6, 6.07) is -1.19. The molecule has 0 radical (unpaired) electrons. The molecule has 0 aromatic heterocycles. The first-order valence-electron chi connectivity index (χ1n) is 12.4. The number of nitrogens with one attached hydrogen (secondary N) is 2. The maximum Gasteiger partial charge on any atom is 0.407 e. The van der Waals surface area contributed by atoms with Gasteiger partial charge in [-0.2, -0.15) is 0 Å². The van der Waals surface area contributed by atoms with Gasteiger partial charge in [-0.15, -0.1) is 0 Å². The fourth-order valence-electron chi connectivity index (χ4n) is 4.78. The maximum atomic E-state index is 13.3. The second-order valence-corrected chi connectivity index (χ2v) is 9.09. The predicted octanol–water partition coefficient (Wildman–Crippen LogP) is 2.34. The smallest absolute Gasteiger partial charge is 0.407 e. The number of amidine groups is 1. The fourth-order valence-corrected chi connectivity index (χ4v) is 4.78. The zero-order valence-electron chi connectivity index (χ0n) is 20.1. The van der Waals surface area contributed by atoms with E-state index < -0.39 is 18.2 Å². The first-order valence-corrected chi connectivity index (χ1v) is 12.4. The zero-order chi connectivity index (χ0) is 24.2. The van der Waals surface area contributed by atoms with E-state index in [1.807, 2.05) is 0 Å². The van der Waals surface area contributed by atoms with E-state index in [1.165, 1.54) is 0 Å². The standard InChI is InChI=1S/C23H41N5O5/c1-3-5-6-8-18(26-23(31)33-4-2)22(30)28-14-7-9-19(28)21(29)25-15-16-10-12-17(13-11-16)20(24)27-32/h16-19,32H,3-15H2,1-2H3,(H2,24,27)(H,25,29)(H,26,31)/t16?,17?,18-,19+/m1/s1. The molecule has 188 valence electrons. The highest BCUT2D eigenvalue weighted by Gasteiger charge is 2.38. The number of rotatable bonds is 11. The Hall–Kier alpha value is -2.52. The number of hydrogen-bond donors (Lipinski definition) is 4. The van der Waals surface area contributed by atoms with Crippen LogP contribution in [-0.2, 0) is 14.3 Å². The maximum absolute atomic E-state index is 13.3. The molecule has 0 unspecified atom stereocenters. The molecule has 0 aromatic rings. The summed E-state index contributed by atoms with van der Waals surface area (Å²) in [5.74, 6) is 0.373. The molecule has 1 aliphatic heterocycles. The van der Waals surface area contributed by atoms with Gasteiger partial charge in [-0.1, -0.05) is 31.3 Å². The Balaban J connectivity index is 1.90. The van der Waals surface area contributed by atoms with Crippen LogP contribution in [0.25, 0.3) is 0 Å². The summed E-state index contributed by atoms with van der Waals surface area (Å²) in [7, 11) is 0. The van der Waals surface area contributed by atoms with Crippen LogP contribution >= 0.6 is 0 Å². The molecular weight excluding hydrogens is 426 g/mol. The van der Waals surface area contributed by atoms with Crippen molar-refractivity contribution in [2.24, 2.45) is 22.7 Å². The van der Waals surface area contributed by atoms with Crippen molar-refractivity contribution in [3.8, 4) is 0 Å². The van der Waals surface area contributed by atoms with Gasteiger partial charge in [0.2, 0.25) is 11.8 Å². The number of oxime groups is 1. The molecule has 2 rings (SSSR count). The Morgan fingerprint density at radius 3 is 2.52 bits per heavy atom. The van der Waals surface area contributed by atoms with Crippen LogP contribution < -0.4 is 16.4 Å². The van der Waals surface area contributed by atoms with E-state index in [0.717, 1.165) is 51.4 Å². The lowest BCUT2D eigenvalue weighted by molar-refractivity contribution is -0.140. The van der Waals surface area contributed by atoms with E-state index in [4.69, 9.17) is 15.7 Å². The number of nitrogens with zero attached hydrogens (tertiary/aromatic N) is 2. The van der Waals surface area contributed by atoms with Gasteiger partial charge < -0.3 is 31.2 Å². The Bertz CT molecular complexity index is 678. The third kappa shape index (κ3) is 8.08. The van der Waals surface area contributed by atoms with Crippen molar-refractivity contribution in [2.45, 2.75) is 90.1 Å². The molecule has 1 heterocycles. The summed E-state index contributed by atoms with van der Waals surface area (Å²) in [5, 5.41) is 17.7. The van der Waals surface area contributed by atoms with Crippen molar-refractivity contribution >= 4 is 23.7 Å². The minimum atomic E-state index is -0.682. The summed E-state index contributed by atoms with van der Waals surface area (Å²) in [6.07, 6.45) is 7.58. The normalized spacial score (nSPS) is 24.2. The van der Waals surface area contributed by atoms with Gasteiger partial charge in [0.05, 0.1) is 6.61 Å². The molecule has 3 amide bonds. The van der Waals surface area contributed by atoms with Gasteiger partial charge in [0.15, 0.2) is 0 Å². The molecule has 10 nitrogen and oxygen atoms in total. The second kappa shape index (κ2) is 13.9. The SMILES string of the molecule is CCCCC[C@@H](NC(=O)OCC)C(=O)N1CCC[C@H]1C(=O)NCC1CCC(C(N)=NO)CC1. The van der Waals surface area contributed by atoms with Crippen LogP contribution in [0.3, 0.4) is 0 Å². The van der Waals surface area contributed by atoms with Gasteiger partial charge in [-0.25, -0.2) is 4.79 Å². The quantitative estimate of drug-likeness (QED) is 0.121. The number of ether oxygens (including phenoxy) is 1. The molecule has 1 saturated heterocycles. The first-order chi connectivity index (χ1) is 15.9. The van der Waals surface area contributed by atoms with Crippen molar-refractivity contribution in [2.75, 3.05) is 19.7 Å². The Kier molecular flexibility index (Phi) is 11.3. The lowest BCUT2D eigenvalue weighted by Crippen LogP contribution is -2.54. The van der Waals surface area contributed by atoms with E-state index >= 15 is 0 Å². The van der Waals surface area contributed by atoms with Crippen LogP contribution in [0.5, 0.6) is 0 Å². The fraction of sp³-hybridized carbons (Fsp3) is 0.826. The Morgan fingerprint density at radius 1 is 1.15 bits per heavy atom. The number of carbonyl (C=O) groups is 3. The average molecular weight is 468 g/mol. The lowest BCUT2D eigenvalue weighted by Gasteiger charge is -2.30. The molecule has 2 fully saturated rings. The van der Waals surface area contributed by atoms with Gasteiger partial charge >= 0.3 is 6.09 Å². The number of amides is 3. The number of hydrogen-bond acceptors (Lipinski definition) is 6. The molecule has 5 N–H and O–H groups in total. The summed E-state index contributed by atoms with van der Waals surface area (Å²) < 4.78 is 4.97. The summed E-state index contributed by atoms with van der Waals surface area (Å²) in [5.41, 5.74) is 5.71. The van der Waals surface area contributed by atoms with Crippen molar-refractivity contribution in [1.82, 2.24) is 15.5 Å². The molecule has 33 heavy (non-hydrogen) atoms. The minimum Gasteiger partial charge on any atom is -0.450 e. The number of carbonyl (C=O) groups excluding carboxylic acids is 3. The van der Waals surface area contributed by atoms with Crippen molar-refractivity contribution in [3.05, 3.63) is 0 Å². The minimum absolute atomic E-state index is 0.0986. The Morgan fingerprint density at radius 2 is 1.88 bits per heavy atom. The lowest BCUT2D eigenvalue weighted by atomic mass is 9.81. The molecule has 0 spiro atoms. The summed E-state index contributed by atoms with van der Waals surface area (Å²) in [4.78, 5) is 39.8. The third-order valence-corrected chi connectivity index (χ3v) is 6.75. The Labute approximate surface area is 196 Å². The predicted molar refractivity (Wildman–Crippen MR) is 125 cm³/mol. The zero-order valence-corrected chi connectivity index (χ0v) is 20.1. The second-order valence-electron chi connectivity index (χ2n) is 9.09. The van der Waals surface area contributed by atoms with E-state index in [0.29, 0.717) is 31.8 Å².